The molecule has 1 aromatic rings. The Kier molecular flexibility index (Phi) is 4.21. The molecule has 0 aliphatic carbocycles. The molecule has 0 aliphatic rings. The molecule has 0 amide bonds. The molecule has 1 N–H and O–H groups in total. The van der Waals surface area contributed by atoms with Crippen LogP contribution in [0.1, 0.15) is 38.7 Å². The normalized spacial score (nSPS) is 11.7. The molecule has 0 fully saturated rings. The minimum atomic E-state index is 0.0407. The molecule has 0 radical (unpaired) electrons. The molecular weight excluding hydrogens is 186 g/mol. The summed E-state index contributed by atoms with van der Waals surface area (Å²) in [5.74, 6) is 0.935. The fourth-order valence-corrected chi connectivity index (χ4v) is 1.34. The first kappa shape index (κ1) is 12.1. The monoisotopic (exact) mass is 207 g/mol. The second-order valence-corrected chi connectivity index (χ2v) is 4.83. The Morgan fingerprint density at radius 3 is 2.67 bits per heavy atom. The van der Waals surface area contributed by atoms with E-state index in [0.717, 1.165) is 30.9 Å². The zero-order chi connectivity index (χ0) is 11.3. The molecule has 15 heavy (non-hydrogen) atoms. The second kappa shape index (κ2) is 5.21. The van der Waals surface area contributed by atoms with Crippen LogP contribution < -0.4 is 5.32 Å². The average Bonchev–Trinajstić information content (AvgIpc) is 2.17. The Bertz CT molecular complexity index is 302. The third kappa shape index (κ3) is 3.96. The molecular formula is C12H21N3. The lowest BCUT2D eigenvalue weighted by molar-refractivity contribution is 0.540. The van der Waals surface area contributed by atoms with Crippen molar-refractivity contribution in [1.29, 1.82) is 0 Å². The van der Waals surface area contributed by atoms with Crippen LogP contribution in [-0.4, -0.2) is 23.6 Å². The van der Waals surface area contributed by atoms with Gasteiger partial charge < -0.3 is 5.32 Å². The predicted molar refractivity (Wildman–Crippen MR) is 63.0 cm³/mol. The van der Waals surface area contributed by atoms with E-state index in [4.69, 9.17) is 0 Å². The van der Waals surface area contributed by atoms with Crippen LogP contribution in [0.15, 0.2) is 12.3 Å². The summed E-state index contributed by atoms with van der Waals surface area (Å²) in [5.41, 5.74) is 1.18. The van der Waals surface area contributed by atoms with Crippen molar-refractivity contribution in [3.8, 4) is 0 Å². The number of aryl methyl sites for hydroxylation is 1. The summed E-state index contributed by atoms with van der Waals surface area (Å²) in [4.78, 5) is 8.89. The van der Waals surface area contributed by atoms with E-state index in [2.05, 4.69) is 36.1 Å². The molecule has 0 aromatic carbocycles. The first-order valence-corrected chi connectivity index (χ1v) is 5.51. The lowest BCUT2D eigenvalue weighted by atomic mass is 9.95. The molecule has 3 nitrogen and oxygen atoms in total. The maximum Gasteiger partial charge on any atom is 0.133 e. The van der Waals surface area contributed by atoms with Crippen LogP contribution in [0.4, 0.5) is 0 Å². The standard InChI is InChI=1S/C12H21N3/c1-12(2,3)11-14-9-7-10(15-11)6-5-8-13-4/h7,9,13H,5-6,8H2,1-4H3. The highest BCUT2D eigenvalue weighted by Crippen LogP contribution is 2.17. The summed E-state index contributed by atoms with van der Waals surface area (Å²) in [6.45, 7) is 7.45. The topological polar surface area (TPSA) is 37.8 Å². The Balaban J connectivity index is 2.66. The Morgan fingerprint density at radius 2 is 2.07 bits per heavy atom. The van der Waals surface area contributed by atoms with E-state index in [-0.39, 0.29) is 5.41 Å². The summed E-state index contributed by atoms with van der Waals surface area (Å²) in [7, 11) is 1.97. The highest BCUT2D eigenvalue weighted by molar-refractivity contribution is 5.08. The van der Waals surface area contributed by atoms with Gasteiger partial charge in [0.1, 0.15) is 5.82 Å². The van der Waals surface area contributed by atoms with Crippen molar-refractivity contribution in [3.63, 3.8) is 0 Å². The molecule has 3 heteroatoms. The minimum Gasteiger partial charge on any atom is -0.320 e. The van der Waals surface area contributed by atoms with Crippen LogP contribution in [0, 0.1) is 0 Å². The largest absolute Gasteiger partial charge is 0.320 e. The zero-order valence-corrected chi connectivity index (χ0v) is 10.2. The van der Waals surface area contributed by atoms with Gasteiger partial charge in [-0.3, -0.25) is 0 Å². The van der Waals surface area contributed by atoms with Crippen LogP contribution in [0.3, 0.4) is 0 Å². The average molecular weight is 207 g/mol. The summed E-state index contributed by atoms with van der Waals surface area (Å²) in [6, 6.07) is 2.00. The molecule has 1 rings (SSSR count). The summed E-state index contributed by atoms with van der Waals surface area (Å²) in [5, 5.41) is 3.14. The Hall–Kier alpha value is -0.960. The molecule has 0 spiro atoms. The molecule has 84 valence electrons. The van der Waals surface area contributed by atoms with Crippen molar-refractivity contribution in [2.75, 3.05) is 13.6 Å². The number of hydrogen-bond donors (Lipinski definition) is 1. The van der Waals surface area contributed by atoms with Crippen molar-refractivity contribution in [2.24, 2.45) is 0 Å². The lowest BCUT2D eigenvalue weighted by Gasteiger charge is -2.16. The predicted octanol–water partition coefficient (Wildman–Crippen LogP) is 1.93. The maximum atomic E-state index is 4.58. The van der Waals surface area contributed by atoms with Crippen molar-refractivity contribution in [1.82, 2.24) is 15.3 Å². The maximum absolute atomic E-state index is 4.58. The van der Waals surface area contributed by atoms with Gasteiger partial charge in [-0.1, -0.05) is 20.8 Å². The molecule has 0 bridgehead atoms. The summed E-state index contributed by atoms with van der Waals surface area (Å²) < 4.78 is 0. The van der Waals surface area contributed by atoms with Gasteiger partial charge in [-0.15, -0.1) is 0 Å². The van der Waals surface area contributed by atoms with E-state index in [1.807, 2.05) is 19.3 Å². The highest BCUT2D eigenvalue weighted by Gasteiger charge is 2.16. The number of rotatable bonds is 4. The van der Waals surface area contributed by atoms with Gasteiger partial charge >= 0.3 is 0 Å². The van der Waals surface area contributed by atoms with Crippen molar-refractivity contribution < 1.29 is 0 Å². The molecule has 0 saturated heterocycles. The second-order valence-electron chi connectivity index (χ2n) is 4.83. The van der Waals surface area contributed by atoms with Crippen molar-refractivity contribution in [2.45, 2.75) is 39.0 Å². The lowest BCUT2D eigenvalue weighted by Crippen LogP contribution is -2.17. The first-order valence-electron chi connectivity index (χ1n) is 5.51. The molecule has 0 aliphatic heterocycles. The van der Waals surface area contributed by atoms with E-state index in [1.54, 1.807) is 0 Å². The van der Waals surface area contributed by atoms with Gasteiger partial charge in [0, 0.05) is 17.3 Å². The molecule has 0 atom stereocenters. The number of nitrogens with one attached hydrogen (secondary N) is 1. The van der Waals surface area contributed by atoms with E-state index in [9.17, 15) is 0 Å². The SMILES string of the molecule is CNCCCc1ccnc(C(C)(C)C)n1. The van der Waals surface area contributed by atoms with Crippen LogP contribution in [0.5, 0.6) is 0 Å². The van der Waals surface area contributed by atoms with Gasteiger partial charge in [0.15, 0.2) is 0 Å². The third-order valence-corrected chi connectivity index (χ3v) is 2.24. The molecule has 1 heterocycles. The third-order valence-electron chi connectivity index (χ3n) is 2.24. The fraction of sp³-hybridized carbons (Fsp3) is 0.667. The van der Waals surface area contributed by atoms with Crippen molar-refractivity contribution >= 4 is 0 Å². The quantitative estimate of drug-likeness (QED) is 0.767. The van der Waals surface area contributed by atoms with Gasteiger partial charge in [-0.25, -0.2) is 9.97 Å². The van der Waals surface area contributed by atoms with Gasteiger partial charge in [0.2, 0.25) is 0 Å². The minimum absolute atomic E-state index is 0.0407. The van der Waals surface area contributed by atoms with E-state index in [0.29, 0.717) is 0 Å². The van der Waals surface area contributed by atoms with Crippen LogP contribution in [-0.2, 0) is 11.8 Å². The smallest absolute Gasteiger partial charge is 0.133 e. The number of hydrogen-bond acceptors (Lipinski definition) is 3. The van der Waals surface area contributed by atoms with Crippen LogP contribution in [0.25, 0.3) is 0 Å². The summed E-state index contributed by atoms with van der Waals surface area (Å²) in [6.07, 6.45) is 4.01. The first-order chi connectivity index (χ1) is 7.04. The van der Waals surface area contributed by atoms with Crippen LogP contribution >= 0.6 is 0 Å². The van der Waals surface area contributed by atoms with Gasteiger partial charge in [-0.2, -0.15) is 0 Å². The molecule has 1 aromatic heterocycles. The van der Waals surface area contributed by atoms with Gasteiger partial charge in [0.05, 0.1) is 0 Å². The van der Waals surface area contributed by atoms with Crippen molar-refractivity contribution in [3.05, 3.63) is 23.8 Å². The number of aromatic nitrogens is 2. The fourth-order valence-electron chi connectivity index (χ4n) is 1.34. The Labute approximate surface area is 92.3 Å². The Morgan fingerprint density at radius 1 is 1.33 bits per heavy atom. The summed E-state index contributed by atoms with van der Waals surface area (Å²) >= 11 is 0. The van der Waals surface area contributed by atoms with E-state index in [1.165, 1.54) is 0 Å². The van der Waals surface area contributed by atoms with E-state index < -0.39 is 0 Å². The van der Waals surface area contributed by atoms with Gasteiger partial charge in [-0.05, 0) is 32.5 Å². The van der Waals surface area contributed by atoms with Crippen LogP contribution in [0.2, 0.25) is 0 Å². The number of nitrogens with zero attached hydrogens (tertiary/aromatic N) is 2. The van der Waals surface area contributed by atoms with Gasteiger partial charge in [0.25, 0.3) is 0 Å². The molecule has 0 saturated carbocycles. The highest BCUT2D eigenvalue weighted by atomic mass is 14.9. The zero-order valence-electron chi connectivity index (χ0n) is 10.2. The van der Waals surface area contributed by atoms with E-state index >= 15 is 0 Å². The molecule has 0 unspecified atom stereocenters.